The molecule has 3 N–H and O–H groups in total. The first-order valence-corrected chi connectivity index (χ1v) is 7.37. The minimum absolute atomic E-state index is 0. The minimum Gasteiger partial charge on any atom is -0.381 e. The van der Waals surface area contributed by atoms with Crippen molar-refractivity contribution in [1.82, 2.24) is 5.32 Å². The Bertz CT molecular complexity index is 420. The summed E-state index contributed by atoms with van der Waals surface area (Å²) < 4.78 is 5.41. The fraction of sp³-hybridized carbons (Fsp3) is 0.562. The van der Waals surface area contributed by atoms with Gasteiger partial charge < -0.3 is 15.8 Å². The zero-order chi connectivity index (χ0) is 14.4. The van der Waals surface area contributed by atoms with Gasteiger partial charge in [0, 0.05) is 25.3 Å². The number of nitrogens with two attached hydrogens (primary N) is 1. The van der Waals surface area contributed by atoms with E-state index in [2.05, 4.69) is 5.32 Å². The molecule has 0 saturated carbocycles. The van der Waals surface area contributed by atoms with Crippen molar-refractivity contribution >= 4 is 18.3 Å². The fourth-order valence-corrected chi connectivity index (χ4v) is 2.51. The highest BCUT2D eigenvalue weighted by Gasteiger charge is 2.24. The monoisotopic (exact) mass is 312 g/mol. The van der Waals surface area contributed by atoms with Crippen LogP contribution in [0.2, 0.25) is 0 Å². The van der Waals surface area contributed by atoms with Crippen molar-refractivity contribution in [2.75, 3.05) is 13.2 Å². The fourth-order valence-electron chi connectivity index (χ4n) is 2.51. The Morgan fingerprint density at radius 3 is 2.71 bits per heavy atom. The smallest absolute Gasteiger partial charge is 0.224 e. The van der Waals surface area contributed by atoms with Crippen molar-refractivity contribution in [2.45, 2.75) is 38.3 Å². The number of benzene rings is 1. The van der Waals surface area contributed by atoms with Crippen molar-refractivity contribution in [3.8, 4) is 0 Å². The van der Waals surface area contributed by atoms with Crippen LogP contribution >= 0.6 is 12.4 Å². The van der Waals surface area contributed by atoms with Crippen LogP contribution in [0.1, 0.15) is 37.8 Å². The Balaban J connectivity index is 0.00000220. The van der Waals surface area contributed by atoms with Gasteiger partial charge in [-0.15, -0.1) is 12.4 Å². The molecule has 1 aliphatic rings. The third kappa shape index (κ3) is 5.30. The maximum atomic E-state index is 12.3. The molecular weight excluding hydrogens is 288 g/mol. The van der Waals surface area contributed by atoms with Crippen molar-refractivity contribution in [1.29, 1.82) is 0 Å². The van der Waals surface area contributed by atoms with E-state index in [1.165, 1.54) is 0 Å². The Morgan fingerprint density at radius 1 is 1.29 bits per heavy atom. The number of ether oxygens (including phenoxy) is 1. The van der Waals surface area contributed by atoms with E-state index < -0.39 is 0 Å². The zero-order valence-electron chi connectivity index (χ0n) is 12.5. The lowest BCUT2D eigenvalue weighted by Crippen LogP contribution is -2.41. The SMILES string of the molecule is CC(C(=O)NC1CCCOCC1)C(N)c1ccccc1.Cl. The average Bonchev–Trinajstić information content (AvgIpc) is 2.75. The first kappa shape index (κ1) is 18.0. The van der Waals surface area contributed by atoms with E-state index in [9.17, 15) is 4.79 Å². The Hall–Kier alpha value is -1.10. The largest absolute Gasteiger partial charge is 0.381 e. The summed E-state index contributed by atoms with van der Waals surface area (Å²) in [6.07, 6.45) is 2.88. The van der Waals surface area contributed by atoms with Crippen LogP contribution in [0.25, 0.3) is 0 Å². The van der Waals surface area contributed by atoms with Gasteiger partial charge in [0.15, 0.2) is 0 Å². The summed E-state index contributed by atoms with van der Waals surface area (Å²) in [5, 5.41) is 3.11. The molecule has 0 radical (unpaired) electrons. The third-order valence-electron chi connectivity index (χ3n) is 3.94. The van der Waals surface area contributed by atoms with Gasteiger partial charge in [-0.05, 0) is 24.8 Å². The van der Waals surface area contributed by atoms with Gasteiger partial charge >= 0.3 is 0 Å². The maximum Gasteiger partial charge on any atom is 0.224 e. The molecule has 1 heterocycles. The van der Waals surface area contributed by atoms with Crippen LogP contribution in [0.4, 0.5) is 0 Å². The number of halogens is 1. The van der Waals surface area contributed by atoms with Crippen LogP contribution in [0.15, 0.2) is 30.3 Å². The number of rotatable bonds is 4. The first-order chi connectivity index (χ1) is 9.68. The van der Waals surface area contributed by atoms with Gasteiger partial charge in [0.1, 0.15) is 0 Å². The van der Waals surface area contributed by atoms with Crippen LogP contribution in [-0.2, 0) is 9.53 Å². The summed E-state index contributed by atoms with van der Waals surface area (Å²) in [5.74, 6) is -0.199. The molecule has 1 aromatic carbocycles. The van der Waals surface area contributed by atoms with Gasteiger partial charge in [-0.2, -0.15) is 0 Å². The summed E-state index contributed by atoms with van der Waals surface area (Å²) in [4.78, 5) is 12.3. The average molecular weight is 313 g/mol. The topological polar surface area (TPSA) is 64.3 Å². The number of carbonyl (C=O) groups excluding carboxylic acids is 1. The van der Waals surface area contributed by atoms with E-state index in [4.69, 9.17) is 10.5 Å². The molecule has 0 bridgehead atoms. The molecular formula is C16H25ClN2O2. The molecule has 1 fully saturated rings. The van der Waals surface area contributed by atoms with Crippen molar-refractivity contribution in [3.05, 3.63) is 35.9 Å². The number of amides is 1. The van der Waals surface area contributed by atoms with Gasteiger partial charge in [-0.3, -0.25) is 4.79 Å². The third-order valence-corrected chi connectivity index (χ3v) is 3.94. The molecule has 3 atom stereocenters. The van der Waals surface area contributed by atoms with E-state index in [0.717, 1.165) is 38.0 Å². The highest BCUT2D eigenvalue weighted by molar-refractivity contribution is 5.85. The van der Waals surface area contributed by atoms with Crippen molar-refractivity contribution in [3.63, 3.8) is 0 Å². The molecule has 1 amide bonds. The number of carbonyl (C=O) groups is 1. The van der Waals surface area contributed by atoms with Crippen LogP contribution < -0.4 is 11.1 Å². The van der Waals surface area contributed by atoms with Crippen LogP contribution in [0.3, 0.4) is 0 Å². The van der Waals surface area contributed by atoms with Gasteiger partial charge in [0.25, 0.3) is 0 Å². The summed E-state index contributed by atoms with van der Waals surface area (Å²) in [6.45, 7) is 3.41. The molecule has 0 aromatic heterocycles. The second-order valence-electron chi connectivity index (χ2n) is 5.47. The second kappa shape index (κ2) is 9.03. The molecule has 2 rings (SSSR count). The molecule has 1 saturated heterocycles. The molecule has 5 heteroatoms. The quantitative estimate of drug-likeness (QED) is 0.897. The summed E-state index contributed by atoms with van der Waals surface area (Å²) in [7, 11) is 0. The lowest BCUT2D eigenvalue weighted by Gasteiger charge is -2.23. The van der Waals surface area contributed by atoms with E-state index in [1.54, 1.807) is 0 Å². The first-order valence-electron chi connectivity index (χ1n) is 7.37. The summed E-state index contributed by atoms with van der Waals surface area (Å²) >= 11 is 0. The lowest BCUT2D eigenvalue weighted by atomic mass is 9.94. The Labute approximate surface area is 132 Å². The van der Waals surface area contributed by atoms with Crippen LogP contribution in [0.5, 0.6) is 0 Å². The predicted molar refractivity (Wildman–Crippen MR) is 86.4 cm³/mol. The van der Waals surface area contributed by atoms with Crippen LogP contribution in [-0.4, -0.2) is 25.2 Å². The molecule has 0 spiro atoms. The molecule has 4 nitrogen and oxygen atoms in total. The minimum atomic E-state index is -0.266. The van der Waals surface area contributed by atoms with E-state index >= 15 is 0 Å². The number of nitrogens with one attached hydrogen (secondary N) is 1. The molecule has 118 valence electrons. The predicted octanol–water partition coefficient (Wildman–Crippen LogP) is 2.43. The highest BCUT2D eigenvalue weighted by Crippen LogP contribution is 2.20. The number of hydrogen-bond donors (Lipinski definition) is 2. The number of hydrogen-bond acceptors (Lipinski definition) is 3. The van der Waals surface area contributed by atoms with E-state index in [1.807, 2.05) is 37.3 Å². The van der Waals surface area contributed by atoms with Gasteiger partial charge in [0.2, 0.25) is 5.91 Å². The van der Waals surface area contributed by atoms with E-state index in [0.29, 0.717) is 0 Å². The Morgan fingerprint density at radius 2 is 2.00 bits per heavy atom. The van der Waals surface area contributed by atoms with Crippen molar-refractivity contribution in [2.24, 2.45) is 11.7 Å². The maximum absolute atomic E-state index is 12.3. The van der Waals surface area contributed by atoms with Gasteiger partial charge in [0.05, 0.1) is 5.92 Å². The van der Waals surface area contributed by atoms with Gasteiger partial charge in [-0.1, -0.05) is 37.3 Å². The Kier molecular flexibility index (Phi) is 7.72. The molecule has 3 unspecified atom stereocenters. The second-order valence-corrected chi connectivity index (χ2v) is 5.47. The van der Waals surface area contributed by atoms with Crippen LogP contribution in [0, 0.1) is 5.92 Å². The molecule has 21 heavy (non-hydrogen) atoms. The van der Waals surface area contributed by atoms with Gasteiger partial charge in [-0.25, -0.2) is 0 Å². The molecule has 1 aliphatic heterocycles. The lowest BCUT2D eigenvalue weighted by molar-refractivity contribution is -0.126. The summed E-state index contributed by atoms with van der Waals surface area (Å²) in [6, 6.07) is 9.73. The van der Waals surface area contributed by atoms with Crippen molar-refractivity contribution < 1.29 is 9.53 Å². The van der Waals surface area contributed by atoms with E-state index in [-0.39, 0.29) is 36.3 Å². The highest BCUT2D eigenvalue weighted by atomic mass is 35.5. The molecule has 0 aliphatic carbocycles. The molecule has 1 aromatic rings. The normalized spacial score (nSPS) is 21.5. The summed E-state index contributed by atoms with van der Waals surface area (Å²) in [5.41, 5.74) is 7.19. The standard InChI is InChI=1S/C16H24N2O2.ClH/c1-12(15(17)13-6-3-2-4-7-13)16(19)18-14-8-5-10-20-11-9-14;/h2-4,6-7,12,14-15H,5,8-11,17H2,1H3,(H,18,19);1H. The zero-order valence-corrected chi connectivity index (χ0v) is 13.3.